The van der Waals surface area contributed by atoms with E-state index in [0.29, 0.717) is 5.41 Å². The van der Waals surface area contributed by atoms with E-state index in [2.05, 4.69) is 82.4 Å². The minimum Gasteiger partial charge on any atom is -0.253 e. The fourth-order valence-electron chi connectivity index (χ4n) is 4.15. The van der Waals surface area contributed by atoms with Crippen LogP contribution < -0.4 is 0 Å². The van der Waals surface area contributed by atoms with Crippen LogP contribution in [-0.2, 0) is 6.42 Å². The number of fused-ring (bicyclic) bond motifs is 1. The zero-order valence-corrected chi connectivity index (χ0v) is 24.2. The summed E-state index contributed by atoms with van der Waals surface area (Å²) in [6.45, 7) is 23.4. The van der Waals surface area contributed by atoms with Crippen molar-refractivity contribution in [1.29, 1.82) is 0 Å². The van der Waals surface area contributed by atoms with Gasteiger partial charge in [0.2, 0.25) is 0 Å². The lowest BCUT2D eigenvalue weighted by Crippen LogP contribution is -2.15. The average molecular weight is 477 g/mol. The number of para-hydroxylation sites is 2. The quantitative estimate of drug-likeness (QED) is 0.302. The molecule has 0 amide bonds. The fraction of sp³-hybridized carbons (Fsp3) is 0.515. The number of aryl methyl sites for hydroxylation is 3. The molecule has 0 unspecified atom stereocenters. The molecular formula is C33H52N2. The third kappa shape index (κ3) is 13.9. The first-order valence-corrected chi connectivity index (χ1v) is 13.6. The summed E-state index contributed by atoms with van der Waals surface area (Å²) in [6, 6.07) is 16.4. The van der Waals surface area contributed by atoms with Gasteiger partial charge in [-0.3, -0.25) is 4.98 Å². The fourth-order valence-corrected chi connectivity index (χ4v) is 4.15. The number of benzene rings is 2. The van der Waals surface area contributed by atoms with Crippen molar-refractivity contribution in [3.05, 3.63) is 83.7 Å². The Morgan fingerprint density at radius 3 is 1.86 bits per heavy atom. The van der Waals surface area contributed by atoms with Crippen LogP contribution in [0.5, 0.6) is 0 Å². The van der Waals surface area contributed by atoms with E-state index in [9.17, 15) is 0 Å². The molecule has 1 aromatic heterocycles. The maximum absolute atomic E-state index is 4.31. The van der Waals surface area contributed by atoms with Gasteiger partial charge in [0.1, 0.15) is 0 Å². The van der Waals surface area contributed by atoms with Crippen LogP contribution in [0.2, 0.25) is 0 Å². The molecule has 194 valence electrons. The van der Waals surface area contributed by atoms with Gasteiger partial charge in [-0.15, -0.1) is 6.58 Å². The molecule has 0 fully saturated rings. The molecule has 0 aliphatic carbocycles. The third-order valence-corrected chi connectivity index (χ3v) is 6.07. The summed E-state index contributed by atoms with van der Waals surface area (Å²) in [5.41, 5.74) is 7.65. The van der Waals surface area contributed by atoms with Crippen molar-refractivity contribution in [3.8, 4) is 0 Å². The van der Waals surface area contributed by atoms with Crippen molar-refractivity contribution in [2.24, 2.45) is 5.41 Å². The van der Waals surface area contributed by atoms with E-state index in [4.69, 9.17) is 0 Å². The molecule has 0 bridgehead atoms. The summed E-state index contributed by atoms with van der Waals surface area (Å²) in [4.78, 5) is 8.53. The zero-order chi connectivity index (χ0) is 26.7. The first kappa shape index (κ1) is 32.5. The van der Waals surface area contributed by atoms with Gasteiger partial charge in [0, 0.05) is 6.20 Å². The van der Waals surface area contributed by atoms with Crippen molar-refractivity contribution >= 4 is 11.0 Å². The first-order valence-electron chi connectivity index (χ1n) is 13.6. The molecule has 2 aromatic carbocycles. The van der Waals surface area contributed by atoms with E-state index in [-0.39, 0.29) is 0 Å². The van der Waals surface area contributed by atoms with Crippen LogP contribution in [0.25, 0.3) is 11.0 Å². The monoisotopic (exact) mass is 476 g/mol. The topological polar surface area (TPSA) is 25.8 Å². The molecule has 0 saturated heterocycles. The smallest absolute Gasteiger partial charge is 0.0889 e. The van der Waals surface area contributed by atoms with Crippen LogP contribution in [0.15, 0.2) is 66.9 Å². The second-order valence-electron chi connectivity index (χ2n) is 9.55. The Hall–Kier alpha value is -2.48. The van der Waals surface area contributed by atoms with Gasteiger partial charge in [0.25, 0.3) is 0 Å². The third-order valence-electron chi connectivity index (χ3n) is 6.07. The molecular weight excluding hydrogens is 424 g/mol. The molecule has 35 heavy (non-hydrogen) atoms. The van der Waals surface area contributed by atoms with Crippen molar-refractivity contribution in [2.45, 2.75) is 107 Å². The lowest BCUT2D eigenvalue weighted by Gasteiger charge is -2.29. The maximum Gasteiger partial charge on any atom is 0.0889 e. The number of rotatable bonds is 8. The van der Waals surface area contributed by atoms with Crippen LogP contribution in [0.4, 0.5) is 0 Å². The average Bonchev–Trinajstić information content (AvgIpc) is 2.85. The first-order chi connectivity index (χ1) is 16.7. The van der Waals surface area contributed by atoms with Gasteiger partial charge in [-0.25, -0.2) is 4.98 Å². The highest BCUT2D eigenvalue weighted by Crippen LogP contribution is 2.35. The van der Waals surface area contributed by atoms with E-state index in [1.54, 1.807) is 6.20 Å². The van der Waals surface area contributed by atoms with Gasteiger partial charge in [-0.2, -0.15) is 0 Å². The number of hydrogen-bond donors (Lipinski definition) is 0. The van der Waals surface area contributed by atoms with Crippen LogP contribution in [0.3, 0.4) is 0 Å². The van der Waals surface area contributed by atoms with Crippen LogP contribution in [0.1, 0.15) is 104 Å². The molecule has 0 saturated carbocycles. The summed E-state index contributed by atoms with van der Waals surface area (Å²) < 4.78 is 0. The second kappa shape index (κ2) is 18.8. The lowest BCUT2D eigenvalue weighted by molar-refractivity contribution is 0.244. The largest absolute Gasteiger partial charge is 0.253 e. The van der Waals surface area contributed by atoms with Gasteiger partial charge in [-0.1, -0.05) is 96.4 Å². The Kier molecular flexibility index (Phi) is 17.5. The summed E-state index contributed by atoms with van der Waals surface area (Å²) in [7, 11) is 0. The summed E-state index contributed by atoms with van der Waals surface area (Å²) in [6.07, 6.45) is 10.8. The Morgan fingerprint density at radius 1 is 0.829 bits per heavy atom. The standard InChI is InChI=1S/C13H26.C9H8N2.C9H12.C2H6/c1-6-9-13(5,10-7-2)11-8-12(3)4;1-7-6-10-8-4-2-3-5-9(8)11-7;1-3-9-7-5-4-6-8(9)2;1-2/h3,6-11H2,1-2,4-5H3;2-6H,1H3;4-7H,3H2,1-2H3;1-2H3. The minimum atomic E-state index is 0.572. The predicted octanol–water partition coefficient (Wildman–Crippen LogP) is 10.5. The van der Waals surface area contributed by atoms with Gasteiger partial charge in [0.15, 0.2) is 0 Å². The molecule has 0 radical (unpaired) electrons. The second-order valence-corrected chi connectivity index (χ2v) is 9.55. The Labute approximate surface area is 217 Å². The molecule has 2 heteroatoms. The van der Waals surface area contributed by atoms with Crippen LogP contribution in [-0.4, -0.2) is 9.97 Å². The van der Waals surface area contributed by atoms with Gasteiger partial charge >= 0.3 is 0 Å². The van der Waals surface area contributed by atoms with E-state index in [1.165, 1.54) is 55.2 Å². The van der Waals surface area contributed by atoms with Gasteiger partial charge < -0.3 is 0 Å². The Morgan fingerprint density at radius 2 is 1.37 bits per heavy atom. The van der Waals surface area contributed by atoms with Crippen LogP contribution in [0, 0.1) is 19.3 Å². The van der Waals surface area contributed by atoms with Crippen molar-refractivity contribution in [2.75, 3.05) is 0 Å². The zero-order valence-electron chi connectivity index (χ0n) is 24.2. The van der Waals surface area contributed by atoms with E-state index in [0.717, 1.165) is 23.1 Å². The summed E-state index contributed by atoms with van der Waals surface area (Å²) >= 11 is 0. The minimum absolute atomic E-state index is 0.572. The summed E-state index contributed by atoms with van der Waals surface area (Å²) in [5.74, 6) is 0. The van der Waals surface area contributed by atoms with E-state index >= 15 is 0 Å². The highest BCUT2D eigenvalue weighted by atomic mass is 14.8. The molecule has 0 spiro atoms. The molecule has 0 atom stereocenters. The summed E-state index contributed by atoms with van der Waals surface area (Å²) in [5, 5.41) is 0. The number of nitrogens with zero attached hydrogens (tertiary/aromatic N) is 2. The van der Waals surface area contributed by atoms with Crippen molar-refractivity contribution in [1.82, 2.24) is 9.97 Å². The van der Waals surface area contributed by atoms with Crippen molar-refractivity contribution in [3.63, 3.8) is 0 Å². The highest BCUT2D eigenvalue weighted by molar-refractivity contribution is 5.73. The number of allylic oxidation sites excluding steroid dienone is 1. The Bertz CT molecular complexity index is 952. The van der Waals surface area contributed by atoms with Crippen molar-refractivity contribution < 1.29 is 0 Å². The highest BCUT2D eigenvalue weighted by Gasteiger charge is 2.21. The maximum atomic E-state index is 4.31. The molecule has 3 aromatic rings. The van der Waals surface area contributed by atoms with Gasteiger partial charge in [-0.05, 0) is 81.5 Å². The molecule has 2 nitrogen and oxygen atoms in total. The Balaban J connectivity index is 0.000000483. The molecule has 1 heterocycles. The number of aromatic nitrogens is 2. The SMILES string of the molecule is C=C(C)CCC(C)(CCC)CCC.CC.CCc1ccccc1C.Cc1cnc2ccccc2n1. The van der Waals surface area contributed by atoms with Crippen LogP contribution >= 0.6 is 0 Å². The van der Waals surface area contributed by atoms with Gasteiger partial charge in [0.05, 0.1) is 16.7 Å². The molecule has 0 aliphatic heterocycles. The molecule has 3 rings (SSSR count). The number of hydrogen-bond acceptors (Lipinski definition) is 2. The molecule has 0 N–H and O–H groups in total. The molecule has 0 aliphatic rings. The van der Waals surface area contributed by atoms with E-state index < -0.39 is 0 Å². The van der Waals surface area contributed by atoms with E-state index in [1.807, 2.05) is 45.0 Å². The normalized spacial score (nSPS) is 10.2. The predicted molar refractivity (Wildman–Crippen MR) is 158 cm³/mol. The lowest BCUT2D eigenvalue weighted by atomic mass is 9.77.